The Kier molecular flexibility index (Phi) is 12.0. The van der Waals surface area contributed by atoms with Crippen molar-refractivity contribution >= 4 is 73.9 Å². The summed E-state index contributed by atoms with van der Waals surface area (Å²) in [5, 5.41) is 4.14. The molecule has 0 radical (unpaired) electrons. The fourth-order valence-electron chi connectivity index (χ4n) is 5.76. The van der Waals surface area contributed by atoms with Gasteiger partial charge in [-0.25, -0.2) is 8.42 Å². The van der Waals surface area contributed by atoms with Gasteiger partial charge in [0.25, 0.3) is 10.0 Å². The van der Waals surface area contributed by atoms with Crippen molar-refractivity contribution < 1.29 is 18.0 Å². The van der Waals surface area contributed by atoms with Crippen molar-refractivity contribution in [2.75, 3.05) is 10.8 Å². The van der Waals surface area contributed by atoms with Gasteiger partial charge in [0.1, 0.15) is 12.6 Å². The molecule has 2 amide bonds. The van der Waals surface area contributed by atoms with Gasteiger partial charge in [-0.1, -0.05) is 113 Å². The van der Waals surface area contributed by atoms with Crippen molar-refractivity contribution in [3.63, 3.8) is 0 Å². The monoisotopic (exact) mass is 745 g/mol. The van der Waals surface area contributed by atoms with E-state index in [-0.39, 0.29) is 50.6 Å². The number of hydrogen-bond acceptors (Lipinski definition) is 4. The van der Waals surface area contributed by atoms with Crippen LogP contribution in [0.1, 0.15) is 42.4 Å². The molecular formula is C36H35Cl4N3O4S. The van der Waals surface area contributed by atoms with Crippen molar-refractivity contribution in [1.82, 2.24) is 10.2 Å². The van der Waals surface area contributed by atoms with Crippen LogP contribution in [-0.4, -0.2) is 43.8 Å². The molecule has 0 aromatic heterocycles. The lowest BCUT2D eigenvalue weighted by Gasteiger charge is -2.34. The molecule has 48 heavy (non-hydrogen) atoms. The van der Waals surface area contributed by atoms with E-state index >= 15 is 0 Å². The molecule has 1 atom stereocenters. The van der Waals surface area contributed by atoms with Gasteiger partial charge in [-0.05, 0) is 73.4 Å². The fraction of sp³-hybridized carbons (Fsp3) is 0.278. The van der Waals surface area contributed by atoms with Gasteiger partial charge in [-0.2, -0.15) is 0 Å². The van der Waals surface area contributed by atoms with Gasteiger partial charge in [-0.3, -0.25) is 13.9 Å². The maximum absolute atomic E-state index is 14.7. The van der Waals surface area contributed by atoms with E-state index in [2.05, 4.69) is 5.32 Å². The quantitative estimate of drug-likeness (QED) is 0.158. The van der Waals surface area contributed by atoms with E-state index < -0.39 is 28.5 Å². The third-order valence-electron chi connectivity index (χ3n) is 8.39. The van der Waals surface area contributed by atoms with Gasteiger partial charge < -0.3 is 10.2 Å². The standard InChI is InChI=1S/C36H35Cl4N3O4S/c1-24-11-15-29(16-12-24)48(46,47)43(28-14-18-31(38)33(40)21-28)23-35(44)42(22-26-13-17-30(37)32(39)19-26)34(20-25-7-3-2-4-8-25)36(45)41-27-9-5-6-10-27/h2-4,7-8,11-19,21,27,34H,5-6,9-10,20,22-23H2,1H3,(H,41,45)/t34-/m0/s1. The van der Waals surface area contributed by atoms with Gasteiger partial charge in [0.2, 0.25) is 11.8 Å². The lowest BCUT2D eigenvalue weighted by molar-refractivity contribution is -0.140. The second kappa shape index (κ2) is 16.0. The number of halogens is 4. The number of anilines is 1. The number of hydrogen-bond donors (Lipinski definition) is 1. The minimum absolute atomic E-state index is 0.00711. The van der Waals surface area contributed by atoms with Crippen LogP contribution in [0.3, 0.4) is 0 Å². The first-order valence-electron chi connectivity index (χ1n) is 15.5. The summed E-state index contributed by atoms with van der Waals surface area (Å²) in [6, 6.07) is 24.1. The summed E-state index contributed by atoms with van der Waals surface area (Å²) in [4.78, 5) is 30.2. The summed E-state index contributed by atoms with van der Waals surface area (Å²) in [7, 11) is -4.29. The van der Waals surface area contributed by atoms with Crippen LogP contribution in [0.25, 0.3) is 0 Å². The molecule has 252 valence electrons. The van der Waals surface area contributed by atoms with Gasteiger partial charge in [-0.15, -0.1) is 0 Å². The van der Waals surface area contributed by atoms with Crippen molar-refractivity contribution in [3.05, 3.63) is 128 Å². The Balaban J connectivity index is 1.59. The van der Waals surface area contributed by atoms with Crippen molar-refractivity contribution in [3.8, 4) is 0 Å². The van der Waals surface area contributed by atoms with E-state index in [1.54, 1.807) is 30.3 Å². The van der Waals surface area contributed by atoms with Crippen LogP contribution in [0.5, 0.6) is 0 Å². The molecule has 0 unspecified atom stereocenters. The average Bonchev–Trinajstić information content (AvgIpc) is 3.58. The Hall–Kier alpha value is -3.27. The van der Waals surface area contributed by atoms with E-state index in [9.17, 15) is 18.0 Å². The highest BCUT2D eigenvalue weighted by atomic mass is 35.5. The van der Waals surface area contributed by atoms with Gasteiger partial charge in [0.05, 0.1) is 30.7 Å². The van der Waals surface area contributed by atoms with E-state index in [0.717, 1.165) is 41.1 Å². The van der Waals surface area contributed by atoms with Crippen LogP contribution in [0.4, 0.5) is 5.69 Å². The zero-order valence-electron chi connectivity index (χ0n) is 26.2. The number of sulfonamides is 1. The van der Waals surface area contributed by atoms with Gasteiger partial charge >= 0.3 is 0 Å². The maximum Gasteiger partial charge on any atom is 0.264 e. The van der Waals surface area contributed by atoms with Crippen molar-refractivity contribution in [1.29, 1.82) is 0 Å². The molecule has 1 fully saturated rings. The smallest absolute Gasteiger partial charge is 0.264 e. The van der Waals surface area contributed by atoms with E-state index in [1.807, 2.05) is 37.3 Å². The minimum atomic E-state index is -4.29. The molecule has 1 saturated carbocycles. The Morgan fingerprint density at radius 3 is 2.04 bits per heavy atom. The summed E-state index contributed by atoms with van der Waals surface area (Å²) in [5.41, 5.74) is 2.47. The zero-order chi connectivity index (χ0) is 34.4. The number of amides is 2. The molecule has 0 saturated heterocycles. The SMILES string of the molecule is Cc1ccc(S(=O)(=O)N(CC(=O)N(Cc2ccc(Cl)c(Cl)c2)[C@@H](Cc2ccccc2)C(=O)NC2CCCC2)c2ccc(Cl)c(Cl)c2)cc1. The highest BCUT2D eigenvalue weighted by molar-refractivity contribution is 7.92. The lowest BCUT2D eigenvalue weighted by Crippen LogP contribution is -2.54. The summed E-state index contributed by atoms with van der Waals surface area (Å²) >= 11 is 25.1. The van der Waals surface area contributed by atoms with Crippen LogP contribution < -0.4 is 9.62 Å². The Morgan fingerprint density at radius 1 is 0.792 bits per heavy atom. The molecular weight excluding hydrogens is 712 g/mol. The molecule has 4 aromatic carbocycles. The molecule has 0 heterocycles. The molecule has 12 heteroatoms. The summed E-state index contributed by atoms with van der Waals surface area (Å²) in [5.74, 6) is -0.924. The van der Waals surface area contributed by atoms with Crippen LogP contribution in [0.15, 0.2) is 95.9 Å². The molecule has 1 aliphatic rings. The second-order valence-corrected chi connectivity index (χ2v) is 15.4. The van der Waals surface area contributed by atoms with E-state index in [0.29, 0.717) is 10.6 Å². The first-order chi connectivity index (χ1) is 22.9. The van der Waals surface area contributed by atoms with Crippen LogP contribution >= 0.6 is 46.4 Å². The molecule has 7 nitrogen and oxygen atoms in total. The molecule has 1 N–H and O–H groups in total. The Labute approximate surface area is 301 Å². The van der Waals surface area contributed by atoms with E-state index in [4.69, 9.17) is 46.4 Å². The van der Waals surface area contributed by atoms with Crippen LogP contribution in [0.2, 0.25) is 20.1 Å². The number of carbonyl (C=O) groups is 2. The lowest BCUT2D eigenvalue weighted by atomic mass is 10.0. The molecule has 0 aliphatic heterocycles. The summed E-state index contributed by atoms with van der Waals surface area (Å²) < 4.78 is 29.5. The molecule has 5 rings (SSSR count). The third kappa shape index (κ3) is 8.84. The third-order valence-corrected chi connectivity index (χ3v) is 11.7. The molecule has 0 bridgehead atoms. The molecule has 1 aliphatic carbocycles. The number of nitrogens with one attached hydrogen (secondary N) is 1. The number of nitrogens with zero attached hydrogens (tertiary/aromatic N) is 2. The highest BCUT2D eigenvalue weighted by Crippen LogP contribution is 2.32. The van der Waals surface area contributed by atoms with Gasteiger partial charge in [0, 0.05) is 19.0 Å². The Bertz CT molecular complexity index is 1870. The summed E-state index contributed by atoms with van der Waals surface area (Å²) in [6.45, 7) is 1.18. The predicted molar refractivity (Wildman–Crippen MR) is 194 cm³/mol. The van der Waals surface area contributed by atoms with Crippen molar-refractivity contribution in [2.45, 2.75) is 62.6 Å². The molecule has 4 aromatic rings. The number of carbonyl (C=O) groups excluding carboxylic acids is 2. The number of aryl methyl sites for hydroxylation is 1. The predicted octanol–water partition coefficient (Wildman–Crippen LogP) is 8.50. The van der Waals surface area contributed by atoms with E-state index in [1.165, 1.54) is 35.2 Å². The first-order valence-corrected chi connectivity index (χ1v) is 18.5. The Morgan fingerprint density at radius 2 is 1.42 bits per heavy atom. The van der Waals surface area contributed by atoms with Crippen LogP contribution in [-0.2, 0) is 32.6 Å². The summed E-state index contributed by atoms with van der Waals surface area (Å²) in [6.07, 6.45) is 3.92. The largest absolute Gasteiger partial charge is 0.352 e. The molecule has 0 spiro atoms. The van der Waals surface area contributed by atoms with Crippen LogP contribution in [0, 0.1) is 6.92 Å². The highest BCUT2D eigenvalue weighted by Gasteiger charge is 2.35. The normalized spacial score (nSPS) is 14.0. The topological polar surface area (TPSA) is 86.8 Å². The first kappa shape index (κ1) is 36.0. The average molecular weight is 748 g/mol. The minimum Gasteiger partial charge on any atom is -0.352 e. The zero-order valence-corrected chi connectivity index (χ0v) is 30.1. The van der Waals surface area contributed by atoms with Crippen molar-refractivity contribution in [2.24, 2.45) is 0 Å². The van der Waals surface area contributed by atoms with Gasteiger partial charge in [0.15, 0.2) is 0 Å². The number of benzene rings is 4. The maximum atomic E-state index is 14.7. The fourth-order valence-corrected chi connectivity index (χ4v) is 7.78. The number of rotatable bonds is 12. The second-order valence-electron chi connectivity index (χ2n) is 11.9.